The molecule has 11 heteroatoms. The molecule has 4 rings (SSSR count). The van der Waals surface area contributed by atoms with Gasteiger partial charge >= 0.3 is 0 Å². The lowest BCUT2D eigenvalue weighted by molar-refractivity contribution is -0.124. The van der Waals surface area contributed by atoms with E-state index in [1.165, 1.54) is 6.07 Å². The van der Waals surface area contributed by atoms with Crippen LogP contribution in [0.1, 0.15) is 38.3 Å². The summed E-state index contributed by atoms with van der Waals surface area (Å²) in [5.74, 6) is 0.176. The molecule has 2 aromatic heterocycles. The van der Waals surface area contributed by atoms with Gasteiger partial charge in [0.25, 0.3) is 10.0 Å². The quantitative estimate of drug-likeness (QED) is 0.375. The van der Waals surface area contributed by atoms with E-state index < -0.39 is 29.8 Å². The van der Waals surface area contributed by atoms with Crippen LogP contribution in [0.25, 0.3) is 10.4 Å². The summed E-state index contributed by atoms with van der Waals surface area (Å²) in [6.45, 7) is 11.0. The molecule has 1 aliphatic rings. The Morgan fingerprint density at radius 1 is 1.24 bits per heavy atom. The number of sulfonamides is 1. The Morgan fingerprint density at radius 2 is 2.00 bits per heavy atom. The third kappa shape index (κ3) is 5.68. The molecular formula is C27H32N4O4S2Si. The van der Waals surface area contributed by atoms with Gasteiger partial charge in [0.1, 0.15) is 15.5 Å². The fourth-order valence-corrected chi connectivity index (χ4v) is 7.79. The second-order valence-electron chi connectivity index (χ2n) is 11.0. The lowest BCUT2D eigenvalue weighted by atomic mass is 9.89. The third-order valence-electron chi connectivity index (χ3n) is 7.25. The van der Waals surface area contributed by atoms with Gasteiger partial charge in [-0.15, -0.1) is 11.3 Å². The fourth-order valence-electron chi connectivity index (χ4n) is 4.05. The van der Waals surface area contributed by atoms with Crippen molar-refractivity contribution in [2.24, 2.45) is 0 Å². The molecule has 8 nitrogen and oxygen atoms in total. The average Bonchev–Trinajstić information content (AvgIpc) is 3.48. The Bertz CT molecular complexity index is 1490. The van der Waals surface area contributed by atoms with Crippen LogP contribution in [0, 0.1) is 11.3 Å². The van der Waals surface area contributed by atoms with Crippen LogP contribution in [0.5, 0.6) is 5.75 Å². The summed E-state index contributed by atoms with van der Waals surface area (Å²) >= 11 is 1.12. The molecule has 1 amide bonds. The zero-order valence-electron chi connectivity index (χ0n) is 22.2. The number of pyridine rings is 1. The van der Waals surface area contributed by atoms with E-state index in [-0.39, 0.29) is 22.1 Å². The highest BCUT2D eigenvalue weighted by atomic mass is 32.2. The summed E-state index contributed by atoms with van der Waals surface area (Å²) in [4.78, 5) is 18.1. The van der Waals surface area contributed by atoms with E-state index in [1.54, 1.807) is 42.7 Å². The number of nitrogens with one attached hydrogen (secondary N) is 2. The molecule has 1 atom stereocenters. The number of thiophene rings is 1. The summed E-state index contributed by atoms with van der Waals surface area (Å²) in [6, 6.07) is 14.2. The molecule has 1 aromatic carbocycles. The minimum absolute atomic E-state index is 0.0539. The molecule has 1 fully saturated rings. The molecule has 0 spiro atoms. The number of hydrogen-bond donors (Lipinski definition) is 2. The smallest absolute Gasteiger partial charge is 0.251 e. The van der Waals surface area contributed by atoms with Crippen LogP contribution < -0.4 is 14.5 Å². The van der Waals surface area contributed by atoms with Crippen LogP contribution in [0.2, 0.25) is 18.1 Å². The highest BCUT2D eigenvalue weighted by molar-refractivity contribution is 7.91. The van der Waals surface area contributed by atoms with Crippen molar-refractivity contribution in [2.45, 2.75) is 61.5 Å². The number of amides is 1. The van der Waals surface area contributed by atoms with Crippen molar-refractivity contribution < 1.29 is 17.6 Å². The Hall–Kier alpha value is -3.04. The van der Waals surface area contributed by atoms with Crippen LogP contribution in [0.15, 0.2) is 59.1 Å². The number of hydrogen-bond acceptors (Lipinski definition) is 7. The standard InChI is InChI=1S/C27H32N4O4S2Si/c1-26(2,3)38(4,5)35-22-9-8-19(17-28)15-21(22)16-27(12-14-30-25(27)32)31-37(33,34)24-11-10-23(36-24)20-7-6-13-29-18-20/h6-11,13,15,18,31H,12,14,16H2,1-5H3,(H,30,32)/t27-/m1/s1. The summed E-state index contributed by atoms with van der Waals surface area (Å²) < 4.78 is 36.6. The predicted octanol–water partition coefficient (Wildman–Crippen LogP) is 4.85. The number of carbonyl (C=O) groups excluding carboxylic acids is 1. The van der Waals surface area contributed by atoms with Crippen molar-refractivity contribution in [2.75, 3.05) is 6.54 Å². The third-order valence-corrected chi connectivity index (χ3v) is 14.8. The van der Waals surface area contributed by atoms with Gasteiger partial charge in [-0.1, -0.05) is 26.8 Å². The van der Waals surface area contributed by atoms with E-state index in [9.17, 15) is 18.5 Å². The highest BCUT2D eigenvalue weighted by Crippen LogP contribution is 2.40. The van der Waals surface area contributed by atoms with Crippen LogP contribution in [0.3, 0.4) is 0 Å². The van der Waals surface area contributed by atoms with Crippen molar-refractivity contribution in [1.82, 2.24) is 15.0 Å². The van der Waals surface area contributed by atoms with Crippen LogP contribution in [-0.4, -0.2) is 39.7 Å². The summed E-state index contributed by atoms with van der Waals surface area (Å²) in [7, 11) is -6.30. The molecule has 2 N–H and O–H groups in total. The molecule has 38 heavy (non-hydrogen) atoms. The monoisotopic (exact) mass is 568 g/mol. The van der Waals surface area contributed by atoms with Gasteiger partial charge in [0.2, 0.25) is 14.2 Å². The van der Waals surface area contributed by atoms with Crippen molar-refractivity contribution in [3.05, 3.63) is 66.0 Å². The Labute approximate surface area is 229 Å². The second-order valence-corrected chi connectivity index (χ2v) is 18.7. The molecular weight excluding hydrogens is 537 g/mol. The lowest BCUT2D eigenvalue weighted by Crippen LogP contribution is -2.55. The normalized spacial score (nSPS) is 18.2. The number of aromatic nitrogens is 1. The van der Waals surface area contributed by atoms with Crippen molar-refractivity contribution >= 4 is 35.6 Å². The van der Waals surface area contributed by atoms with Crippen LogP contribution in [0.4, 0.5) is 0 Å². The van der Waals surface area contributed by atoms with E-state index >= 15 is 0 Å². The number of nitriles is 1. The predicted molar refractivity (Wildman–Crippen MR) is 151 cm³/mol. The fraction of sp³-hybridized carbons (Fsp3) is 0.370. The van der Waals surface area contributed by atoms with Crippen molar-refractivity contribution in [3.8, 4) is 22.3 Å². The molecule has 3 aromatic rings. The van der Waals surface area contributed by atoms with Crippen molar-refractivity contribution in [1.29, 1.82) is 5.26 Å². The molecule has 1 saturated heterocycles. The molecule has 200 valence electrons. The first-order valence-electron chi connectivity index (χ1n) is 12.3. The van der Waals surface area contributed by atoms with E-state index in [0.29, 0.717) is 23.4 Å². The van der Waals surface area contributed by atoms with Gasteiger partial charge in [-0.2, -0.15) is 9.98 Å². The maximum atomic E-state index is 13.6. The van der Waals surface area contributed by atoms with E-state index in [2.05, 4.69) is 55.0 Å². The highest BCUT2D eigenvalue weighted by Gasteiger charge is 2.47. The first-order chi connectivity index (χ1) is 17.8. The molecule has 0 radical (unpaired) electrons. The Balaban J connectivity index is 1.70. The first-order valence-corrected chi connectivity index (χ1v) is 17.5. The van der Waals surface area contributed by atoms with Crippen molar-refractivity contribution in [3.63, 3.8) is 0 Å². The number of carbonyl (C=O) groups is 1. The van der Waals surface area contributed by atoms with Gasteiger partial charge in [0, 0.05) is 35.8 Å². The number of benzene rings is 1. The maximum absolute atomic E-state index is 13.6. The molecule has 0 unspecified atom stereocenters. The summed E-state index contributed by atoms with van der Waals surface area (Å²) in [5, 5.41) is 12.3. The minimum atomic E-state index is -4.04. The Kier molecular flexibility index (Phi) is 7.55. The van der Waals surface area contributed by atoms with Gasteiger partial charge in [-0.25, -0.2) is 8.42 Å². The van der Waals surface area contributed by atoms with Crippen LogP contribution in [-0.2, 0) is 21.2 Å². The van der Waals surface area contributed by atoms with Crippen LogP contribution >= 0.6 is 11.3 Å². The topological polar surface area (TPSA) is 121 Å². The summed E-state index contributed by atoms with van der Waals surface area (Å²) in [5.41, 5.74) is 0.430. The van der Waals surface area contributed by atoms with Gasteiger partial charge < -0.3 is 9.74 Å². The first kappa shape index (κ1) is 28.0. The lowest BCUT2D eigenvalue weighted by Gasteiger charge is -2.37. The van der Waals surface area contributed by atoms with E-state index in [0.717, 1.165) is 21.8 Å². The van der Waals surface area contributed by atoms with Gasteiger partial charge in [-0.05, 0) is 66.5 Å². The van der Waals surface area contributed by atoms with Gasteiger partial charge in [0.05, 0.1) is 11.6 Å². The number of nitrogens with zero attached hydrogens (tertiary/aromatic N) is 2. The molecule has 1 aliphatic heterocycles. The zero-order chi connectivity index (χ0) is 27.8. The number of rotatable bonds is 8. The second kappa shape index (κ2) is 10.3. The molecule has 0 aliphatic carbocycles. The summed E-state index contributed by atoms with van der Waals surface area (Å²) in [6.07, 6.45) is 3.65. The minimum Gasteiger partial charge on any atom is -0.543 e. The van der Waals surface area contributed by atoms with E-state index in [4.69, 9.17) is 4.43 Å². The Morgan fingerprint density at radius 3 is 2.61 bits per heavy atom. The zero-order valence-corrected chi connectivity index (χ0v) is 24.8. The van der Waals surface area contributed by atoms with Gasteiger partial charge in [-0.3, -0.25) is 9.78 Å². The van der Waals surface area contributed by atoms with E-state index in [1.807, 2.05) is 6.07 Å². The molecule has 3 heterocycles. The largest absolute Gasteiger partial charge is 0.543 e. The average molecular weight is 569 g/mol. The molecule has 0 saturated carbocycles. The SMILES string of the molecule is CC(C)(C)[Si](C)(C)Oc1ccc(C#N)cc1C[C@]1(NS(=O)(=O)c2ccc(-c3cccnc3)s2)CCNC1=O. The molecule has 0 bridgehead atoms. The van der Waals surface area contributed by atoms with Gasteiger partial charge in [0.15, 0.2) is 0 Å². The maximum Gasteiger partial charge on any atom is 0.251 e.